The minimum absolute atomic E-state index is 0. The average Bonchev–Trinajstić information content (AvgIpc) is 3.03. The molecule has 0 saturated heterocycles. The van der Waals surface area contributed by atoms with Crippen LogP contribution in [0.3, 0.4) is 0 Å². The van der Waals surface area contributed by atoms with Crippen LogP contribution in [0.5, 0.6) is 11.5 Å². The summed E-state index contributed by atoms with van der Waals surface area (Å²) in [6.07, 6.45) is 1.02. The highest BCUT2D eigenvalue weighted by atomic mass is 127. The van der Waals surface area contributed by atoms with Gasteiger partial charge in [-0.3, -0.25) is 0 Å². The number of para-hydroxylation sites is 2. The van der Waals surface area contributed by atoms with Gasteiger partial charge in [-0.05, 0) is 31.0 Å². The second-order valence-electron chi connectivity index (χ2n) is 5.67. The summed E-state index contributed by atoms with van der Waals surface area (Å²) in [4.78, 5) is 6.92. The molecule has 2 aromatic rings. The molecule has 134 valence electrons. The number of guanidine groups is 1. The fraction of sp³-hybridized carbons (Fsp3) is 0.316. The van der Waals surface area contributed by atoms with Gasteiger partial charge in [0.15, 0.2) is 17.5 Å². The molecule has 6 heteroatoms. The van der Waals surface area contributed by atoms with Crippen molar-refractivity contribution in [3.8, 4) is 11.5 Å². The SMILES string of the molecule is CCNC(=NCc1cccc(OC)c1O)N1CCc2ccccc21.I. The molecule has 2 N–H and O–H groups in total. The Morgan fingerprint density at radius 2 is 2.04 bits per heavy atom. The molecule has 1 heterocycles. The Morgan fingerprint density at radius 3 is 2.80 bits per heavy atom. The molecule has 1 aliphatic rings. The highest BCUT2D eigenvalue weighted by molar-refractivity contribution is 14.0. The van der Waals surface area contributed by atoms with Crippen LogP contribution >= 0.6 is 24.0 Å². The minimum atomic E-state index is 0. The fourth-order valence-corrected chi connectivity index (χ4v) is 2.97. The lowest BCUT2D eigenvalue weighted by Crippen LogP contribution is -2.40. The Kier molecular flexibility index (Phi) is 6.92. The number of rotatable bonds is 4. The lowest BCUT2D eigenvalue weighted by atomic mass is 10.2. The van der Waals surface area contributed by atoms with E-state index in [-0.39, 0.29) is 29.7 Å². The first-order valence-electron chi connectivity index (χ1n) is 8.23. The van der Waals surface area contributed by atoms with Crippen LogP contribution in [0, 0.1) is 0 Å². The van der Waals surface area contributed by atoms with Crippen LogP contribution in [0.15, 0.2) is 47.5 Å². The van der Waals surface area contributed by atoms with Gasteiger partial charge >= 0.3 is 0 Å². The third-order valence-electron chi connectivity index (χ3n) is 4.18. The summed E-state index contributed by atoms with van der Waals surface area (Å²) in [5.41, 5.74) is 3.29. The zero-order chi connectivity index (χ0) is 16.9. The van der Waals surface area contributed by atoms with Crippen LogP contribution in [0.2, 0.25) is 0 Å². The molecule has 0 spiro atoms. The highest BCUT2D eigenvalue weighted by Crippen LogP contribution is 2.30. The monoisotopic (exact) mass is 453 g/mol. The molecule has 0 radical (unpaired) electrons. The Labute approximate surface area is 165 Å². The van der Waals surface area contributed by atoms with Gasteiger partial charge < -0.3 is 20.1 Å². The van der Waals surface area contributed by atoms with E-state index >= 15 is 0 Å². The molecule has 1 aliphatic heterocycles. The van der Waals surface area contributed by atoms with Gasteiger partial charge in [0.2, 0.25) is 0 Å². The third-order valence-corrected chi connectivity index (χ3v) is 4.18. The fourth-order valence-electron chi connectivity index (χ4n) is 2.97. The van der Waals surface area contributed by atoms with Gasteiger partial charge in [-0.25, -0.2) is 4.99 Å². The van der Waals surface area contributed by atoms with Crippen LogP contribution in [-0.2, 0) is 13.0 Å². The number of fused-ring (bicyclic) bond motifs is 1. The molecule has 0 amide bonds. The van der Waals surface area contributed by atoms with Crippen molar-refractivity contribution in [1.29, 1.82) is 0 Å². The number of aromatic hydroxyl groups is 1. The van der Waals surface area contributed by atoms with Crippen molar-refractivity contribution in [1.82, 2.24) is 5.32 Å². The molecular formula is C19H24IN3O2. The molecule has 0 bridgehead atoms. The van der Waals surface area contributed by atoms with E-state index in [4.69, 9.17) is 9.73 Å². The van der Waals surface area contributed by atoms with Crippen LogP contribution in [0.1, 0.15) is 18.1 Å². The van der Waals surface area contributed by atoms with E-state index in [1.54, 1.807) is 13.2 Å². The van der Waals surface area contributed by atoms with Gasteiger partial charge in [0.25, 0.3) is 0 Å². The van der Waals surface area contributed by atoms with Crippen molar-refractivity contribution in [2.45, 2.75) is 19.9 Å². The van der Waals surface area contributed by atoms with Crippen molar-refractivity contribution < 1.29 is 9.84 Å². The zero-order valence-electron chi connectivity index (χ0n) is 14.5. The van der Waals surface area contributed by atoms with Crippen molar-refractivity contribution >= 4 is 35.6 Å². The number of benzene rings is 2. The predicted molar refractivity (Wildman–Crippen MR) is 112 cm³/mol. The lowest BCUT2D eigenvalue weighted by molar-refractivity contribution is 0.370. The Balaban J connectivity index is 0.00000225. The maximum atomic E-state index is 10.2. The van der Waals surface area contributed by atoms with Gasteiger partial charge in [0, 0.05) is 24.3 Å². The minimum Gasteiger partial charge on any atom is -0.504 e. The lowest BCUT2D eigenvalue weighted by Gasteiger charge is -2.22. The molecule has 3 rings (SSSR count). The summed E-state index contributed by atoms with van der Waals surface area (Å²) in [6, 6.07) is 13.9. The number of hydrogen-bond acceptors (Lipinski definition) is 3. The topological polar surface area (TPSA) is 57.1 Å². The molecule has 0 fully saturated rings. The molecule has 0 saturated carbocycles. The number of anilines is 1. The van der Waals surface area contributed by atoms with Crippen molar-refractivity contribution in [3.63, 3.8) is 0 Å². The van der Waals surface area contributed by atoms with Gasteiger partial charge in [-0.15, -0.1) is 24.0 Å². The predicted octanol–water partition coefficient (Wildman–Crippen LogP) is 3.55. The summed E-state index contributed by atoms with van der Waals surface area (Å²) in [5.74, 6) is 1.46. The molecule has 5 nitrogen and oxygen atoms in total. The summed E-state index contributed by atoms with van der Waals surface area (Å²) in [7, 11) is 1.55. The number of halogens is 1. The molecule has 0 atom stereocenters. The zero-order valence-corrected chi connectivity index (χ0v) is 16.9. The Morgan fingerprint density at radius 1 is 1.24 bits per heavy atom. The van der Waals surface area contributed by atoms with Crippen molar-refractivity contribution in [2.24, 2.45) is 4.99 Å². The summed E-state index contributed by atoms with van der Waals surface area (Å²) >= 11 is 0. The number of nitrogens with zero attached hydrogens (tertiary/aromatic N) is 2. The van der Waals surface area contributed by atoms with Crippen LogP contribution in [0.25, 0.3) is 0 Å². The number of nitrogens with one attached hydrogen (secondary N) is 1. The molecule has 25 heavy (non-hydrogen) atoms. The maximum absolute atomic E-state index is 10.2. The number of phenols is 1. The average molecular weight is 453 g/mol. The van der Waals surface area contributed by atoms with Gasteiger partial charge in [-0.1, -0.05) is 30.3 Å². The van der Waals surface area contributed by atoms with E-state index in [0.717, 1.165) is 31.0 Å². The number of methoxy groups -OCH3 is 1. The van der Waals surface area contributed by atoms with E-state index in [1.165, 1.54) is 11.3 Å². The maximum Gasteiger partial charge on any atom is 0.198 e. The first-order chi connectivity index (χ1) is 11.7. The molecular weight excluding hydrogens is 429 g/mol. The quantitative estimate of drug-likeness (QED) is 0.423. The summed E-state index contributed by atoms with van der Waals surface area (Å²) < 4.78 is 5.16. The summed E-state index contributed by atoms with van der Waals surface area (Å²) in [5, 5.41) is 13.6. The van der Waals surface area contributed by atoms with Crippen molar-refractivity contribution in [3.05, 3.63) is 53.6 Å². The number of phenolic OH excluding ortho intramolecular Hbond substituents is 1. The molecule has 2 aromatic carbocycles. The Hall–Kier alpha value is -1.96. The van der Waals surface area contributed by atoms with E-state index in [9.17, 15) is 5.11 Å². The van der Waals surface area contributed by atoms with Crippen LogP contribution in [0.4, 0.5) is 5.69 Å². The number of aliphatic imine (C=N–C) groups is 1. The van der Waals surface area contributed by atoms with Crippen LogP contribution < -0.4 is 15.0 Å². The second-order valence-corrected chi connectivity index (χ2v) is 5.67. The van der Waals surface area contributed by atoms with E-state index in [2.05, 4.69) is 41.4 Å². The van der Waals surface area contributed by atoms with E-state index < -0.39 is 0 Å². The normalized spacial score (nSPS) is 13.2. The number of hydrogen-bond donors (Lipinski definition) is 2. The Bertz CT molecular complexity index is 749. The second kappa shape index (κ2) is 8.94. The van der Waals surface area contributed by atoms with E-state index in [0.29, 0.717) is 12.3 Å². The smallest absolute Gasteiger partial charge is 0.198 e. The summed E-state index contributed by atoms with van der Waals surface area (Å²) in [6.45, 7) is 4.15. The first kappa shape index (κ1) is 19.4. The highest BCUT2D eigenvalue weighted by Gasteiger charge is 2.22. The third kappa shape index (κ3) is 4.18. The van der Waals surface area contributed by atoms with Crippen molar-refractivity contribution in [2.75, 3.05) is 25.1 Å². The standard InChI is InChI=1S/C19H23N3O2.HI/c1-3-20-19(22-12-11-14-7-4-5-9-16(14)22)21-13-15-8-6-10-17(24-2)18(15)23;/h4-10,23H,3,11-13H2,1-2H3,(H,20,21);1H. The number of ether oxygens (including phenoxy) is 1. The van der Waals surface area contributed by atoms with Gasteiger partial charge in [0.05, 0.1) is 13.7 Å². The molecule has 0 unspecified atom stereocenters. The molecule has 0 aromatic heterocycles. The van der Waals surface area contributed by atoms with Gasteiger partial charge in [0.1, 0.15) is 0 Å². The van der Waals surface area contributed by atoms with Gasteiger partial charge in [-0.2, -0.15) is 0 Å². The molecule has 0 aliphatic carbocycles. The first-order valence-corrected chi connectivity index (χ1v) is 8.23. The van der Waals surface area contributed by atoms with Crippen LogP contribution in [-0.4, -0.2) is 31.3 Å². The largest absolute Gasteiger partial charge is 0.504 e. The van der Waals surface area contributed by atoms with E-state index in [1.807, 2.05) is 12.1 Å².